The Balaban J connectivity index is 1.88. The third kappa shape index (κ3) is 2.02. The second-order valence-corrected chi connectivity index (χ2v) is 6.78. The predicted octanol–water partition coefficient (Wildman–Crippen LogP) is 4.12. The fraction of sp³-hybridized carbons (Fsp3) is 0.294. The summed E-state index contributed by atoms with van der Waals surface area (Å²) in [6.07, 6.45) is 2.24. The number of hydrogen-bond donors (Lipinski definition) is 1. The van der Waals surface area contributed by atoms with Gasteiger partial charge in [0.25, 0.3) is 0 Å². The monoisotopic (exact) mass is 295 g/mol. The Bertz CT molecular complexity index is 822. The van der Waals surface area contributed by atoms with Gasteiger partial charge in [0.15, 0.2) is 0 Å². The first-order valence-corrected chi connectivity index (χ1v) is 8.11. The zero-order chi connectivity index (χ0) is 14.4. The lowest BCUT2D eigenvalue weighted by molar-refractivity contribution is 0.736. The molecule has 0 spiro atoms. The van der Waals surface area contributed by atoms with Gasteiger partial charge in [-0.05, 0) is 37.0 Å². The topological polar surface area (TPSA) is 37.8 Å². The summed E-state index contributed by atoms with van der Waals surface area (Å²) in [5.74, 6) is 2.24. The van der Waals surface area contributed by atoms with E-state index in [-0.39, 0.29) is 0 Å². The molecule has 0 aliphatic heterocycles. The van der Waals surface area contributed by atoms with Gasteiger partial charge in [0, 0.05) is 17.8 Å². The minimum Gasteiger partial charge on any atom is -0.372 e. The van der Waals surface area contributed by atoms with Gasteiger partial charge in [-0.1, -0.05) is 24.3 Å². The van der Waals surface area contributed by atoms with Crippen molar-refractivity contribution in [2.24, 2.45) is 0 Å². The van der Waals surface area contributed by atoms with E-state index in [1.54, 1.807) is 11.3 Å². The highest BCUT2D eigenvalue weighted by Crippen LogP contribution is 2.38. The van der Waals surface area contributed by atoms with E-state index in [0.29, 0.717) is 5.92 Å². The molecule has 3 aromatic rings. The number of thiophene rings is 1. The molecule has 1 N–H and O–H groups in total. The Labute approximate surface area is 128 Å². The van der Waals surface area contributed by atoms with Crippen LogP contribution in [0.1, 0.15) is 34.2 Å². The molecule has 2 aromatic heterocycles. The summed E-state index contributed by atoms with van der Waals surface area (Å²) in [7, 11) is 1.93. The van der Waals surface area contributed by atoms with Crippen molar-refractivity contribution in [1.29, 1.82) is 0 Å². The highest BCUT2D eigenvalue weighted by Gasteiger charge is 2.26. The number of aromatic nitrogens is 2. The Morgan fingerprint density at radius 1 is 1.24 bits per heavy atom. The SMILES string of the molecule is CNc1nc(C2CCc3ccccc32)nc2sc(C)cc12. The summed E-state index contributed by atoms with van der Waals surface area (Å²) < 4.78 is 0. The summed E-state index contributed by atoms with van der Waals surface area (Å²) >= 11 is 1.74. The lowest BCUT2D eigenvalue weighted by atomic mass is 10.0. The molecular formula is C17H17N3S. The lowest BCUT2D eigenvalue weighted by Gasteiger charge is -2.12. The second kappa shape index (κ2) is 4.81. The maximum Gasteiger partial charge on any atom is 0.139 e. The van der Waals surface area contributed by atoms with E-state index in [1.807, 2.05) is 7.05 Å². The van der Waals surface area contributed by atoms with Crippen molar-refractivity contribution in [3.05, 3.63) is 52.2 Å². The number of fused-ring (bicyclic) bond motifs is 2. The molecule has 0 bridgehead atoms. The molecule has 106 valence electrons. The van der Waals surface area contributed by atoms with Crippen molar-refractivity contribution in [2.45, 2.75) is 25.7 Å². The van der Waals surface area contributed by atoms with Gasteiger partial charge >= 0.3 is 0 Å². The number of benzene rings is 1. The molecule has 4 rings (SSSR count). The van der Waals surface area contributed by atoms with Crippen molar-refractivity contribution in [1.82, 2.24) is 9.97 Å². The van der Waals surface area contributed by atoms with E-state index in [1.165, 1.54) is 16.0 Å². The van der Waals surface area contributed by atoms with Gasteiger partial charge < -0.3 is 5.32 Å². The average Bonchev–Trinajstić information content (AvgIpc) is 3.08. The molecule has 0 radical (unpaired) electrons. The van der Waals surface area contributed by atoms with Gasteiger partial charge in [-0.3, -0.25) is 0 Å². The minimum atomic E-state index is 0.333. The minimum absolute atomic E-state index is 0.333. The highest BCUT2D eigenvalue weighted by atomic mass is 32.1. The molecule has 0 amide bonds. The molecule has 3 nitrogen and oxygen atoms in total. The molecular weight excluding hydrogens is 278 g/mol. The van der Waals surface area contributed by atoms with Crippen molar-refractivity contribution in [3.63, 3.8) is 0 Å². The number of aryl methyl sites for hydroxylation is 2. The van der Waals surface area contributed by atoms with Crippen LogP contribution in [0.25, 0.3) is 10.2 Å². The Hall–Kier alpha value is -1.94. The van der Waals surface area contributed by atoms with E-state index < -0.39 is 0 Å². The third-order valence-corrected chi connectivity index (χ3v) is 5.16. The fourth-order valence-corrected chi connectivity index (χ4v) is 4.12. The smallest absolute Gasteiger partial charge is 0.139 e. The number of nitrogens with zero attached hydrogens (tertiary/aromatic N) is 2. The van der Waals surface area contributed by atoms with Crippen LogP contribution < -0.4 is 5.32 Å². The van der Waals surface area contributed by atoms with Crippen molar-refractivity contribution < 1.29 is 0 Å². The van der Waals surface area contributed by atoms with Gasteiger partial charge in [-0.25, -0.2) is 9.97 Å². The maximum atomic E-state index is 4.85. The van der Waals surface area contributed by atoms with Gasteiger partial charge in [-0.2, -0.15) is 0 Å². The van der Waals surface area contributed by atoms with Crippen LogP contribution in [-0.4, -0.2) is 17.0 Å². The second-order valence-electron chi connectivity index (χ2n) is 5.55. The Morgan fingerprint density at radius 3 is 2.95 bits per heavy atom. The van der Waals surface area contributed by atoms with Crippen LogP contribution in [0.5, 0.6) is 0 Å². The Morgan fingerprint density at radius 2 is 2.10 bits per heavy atom. The van der Waals surface area contributed by atoms with E-state index in [2.05, 4.69) is 42.6 Å². The third-order valence-electron chi connectivity index (χ3n) is 4.21. The van der Waals surface area contributed by atoms with Crippen LogP contribution in [0, 0.1) is 6.92 Å². The number of rotatable bonds is 2. The van der Waals surface area contributed by atoms with Crippen molar-refractivity contribution in [2.75, 3.05) is 12.4 Å². The van der Waals surface area contributed by atoms with E-state index in [9.17, 15) is 0 Å². The van der Waals surface area contributed by atoms with Crippen LogP contribution in [0.15, 0.2) is 30.3 Å². The highest BCUT2D eigenvalue weighted by molar-refractivity contribution is 7.18. The Kier molecular flexibility index (Phi) is 2.93. The number of hydrogen-bond acceptors (Lipinski definition) is 4. The van der Waals surface area contributed by atoms with Crippen LogP contribution >= 0.6 is 11.3 Å². The number of anilines is 1. The first kappa shape index (κ1) is 12.8. The average molecular weight is 295 g/mol. The molecule has 0 fully saturated rings. The molecule has 1 atom stereocenters. The molecule has 21 heavy (non-hydrogen) atoms. The molecule has 1 unspecified atom stereocenters. The van der Waals surface area contributed by atoms with Crippen molar-refractivity contribution in [3.8, 4) is 0 Å². The molecule has 4 heteroatoms. The standard InChI is InChI=1S/C17H17N3S/c1-10-9-14-15(18-2)19-16(20-17(14)21-10)13-8-7-11-5-3-4-6-12(11)13/h3-6,9,13H,7-8H2,1-2H3,(H,18,19,20). The van der Waals surface area contributed by atoms with Crippen LogP contribution in [0.2, 0.25) is 0 Å². The summed E-state index contributed by atoms with van der Waals surface area (Å²) in [6.45, 7) is 2.12. The quantitative estimate of drug-likeness (QED) is 0.773. The van der Waals surface area contributed by atoms with Crippen molar-refractivity contribution >= 4 is 27.4 Å². The fourth-order valence-electron chi connectivity index (χ4n) is 3.23. The lowest BCUT2D eigenvalue weighted by Crippen LogP contribution is -2.05. The zero-order valence-electron chi connectivity index (χ0n) is 12.2. The van der Waals surface area contributed by atoms with E-state index >= 15 is 0 Å². The maximum absolute atomic E-state index is 4.85. The first-order valence-electron chi connectivity index (χ1n) is 7.30. The van der Waals surface area contributed by atoms with Gasteiger partial charge in [0.1, 0.15) is 16.5 Å². The van der Waals surface area contributed by atoms with Crippen LogP contribution in [0.3, 0.4) is 0 Å². The first-order chi connectivity index (χ1) is 10.3. The van der Waals surface area contributed by atoms with Gasteiger partial charge in [-0.15, -0.1) is 11.3 Å². The van der Waals surface area contributed by atoms with Crippen LogP contribution in [0.4, 0.5) is 5.82 Å². The van der Waals surface area contributed by atoms with Gasteiger partial charge in [0.2, 0.25) is 0 Å². The van der Waals surface area contributed by atoms with E-state index in [0.717, 1.165) is 34.7 Å². The largest absolute Gasteiger partial charge is 0.372 e. The molecule has 0 saturated heterocycles. The summed E-state index contributed by atoms with van der Waals surface area (Å²) in [6, 6.07) is 10.8. The predicted molar refractivity (Wildman–Crippen MR) is 88.3 cm³/mol. The van der Waals surface area contributed by atoms with E-state index in [4.69, 9.17) is 9.97 Å². The molecule has 1 aliphatic rings. The molecule has 0 saturated carbocycles. The van der Waals surface area contributed by atoms with Gasteiger partial charge in [0.05, 0.1) is 5.39 Å². The molecule has 1 aromatic carbocycles. The van der Waals surface area contributed by atoms with Crippen LogP contribution in [-0.2, 0) is 6.42 Å². The summed E-state index contributed by atoms with van der Waals surface area (Å²) in [5.41, 5.74) is 2.84. The normalized spacial score (nSPS) is 17.1. The summed E-state index contributed by atoms with van der Waals surface area (Å²) in [5, 5.41) is 4.36. The summed E-state index contributed by atoms with van der Waals surface area (Å²) in [4.78, 5) is 12.0. The number of nitrogens with one attached hydrogen (secondary N) is 1. The zero-order valence-corrected chi connectivity index (χ0v) is 13.0. The molecule has 1 aliphatic carbocycles. The molecule has 2 heterocycles.